The Morgan fingerprint density at radius 2 is 1.91 bits per heavy atom. The molecule has 0 aliphatic heterocycles. The van der Waals surface area contributed by atoms with Crippen LogP contribution in [0, 0.1) is 0 Å². The van der Waals surface area contributed by atoms with Crippen LogP contribution in [0.4, 0.5) is 5.13 Å². The number of amides is 1. The van der Waals surface area contributed by atoms with E-state index in [0.29, 0.717) is 16.6 Å². The van der Waals surface area contributed by atoms with Gasteiger partial charge in [-0.15, -0.1) is 0 Å². The molecule has 0 atom stereocenters. The van der Waals surface area contributed by atoms with Gasteiger partial charge in [0.1, 0.15) is 11.5 Å². The number of hydrogen-bond acceptors (Lipinski definition) is 7. The van der Waals surface area contributed by atoms with Crippen molar-refractivity contribution < 1.29 is 22.4 Å². The lowest BCUT2D eigenvalue weighted by Gasteiger charge is -2.18. The third-order valence-electron chi connectivity index (χ3n) is 5.30. The largest absolute Gasteiger partial charge is 0.497 e. The average Bonchev–Trinajstić information content (AvgIpc) is 3.50. The molecule has 0 saturated heterocycles. The summed E-state index contributed by atoms with van der Waals surface area (Å²) in [5.74, 6) is 0.520. The summed E-state index contributed by atoms with van der Waals surface area (Å²) >= 11 is 1.41. The number of furan rings is 1. The number of carbonyl (C=O) groups excluding carboxylic acids is 1. The third kappa shape index (κ3) is 5.09. The van der Waals surface area contributed by atoms with Gasteiger partial charge >= 0.3 is 0 Å². The predicted molar refractivity (Wildman–Crippen MR) is 129 cm³/mol. The number of ether oxygens (including phenoxy) is 1. The molecule has 0 spiro atoms. The summed E-state index contributed by atoms with van der Waals surface area (Å²) in [5, 5.41) is 0.522. The molecular formula is C24H24N2O5S2. The molecule has 2 aromatic carbocycles. The van der Waals surface area contributed by atoms with Crippen LogP contribution < -0.4 is 9.64 Å². The number of methoxy groups -OCH3 is 1. The molecule has 0 unspecified atom stereocenters. The number of thiazole rings is 1. The van der Waals surface area contributed by atoms with Gasteiger partial charge in [-0.05, 0) is 54.4 Å². The highest BCUT2D eigenvalue weighted by atomic mass is 32.2. The number of carbonyl (C=O) groups is 1. The third-order valence-corrected chi connectivity index (χ3v) is 8.08. The maximum Gasteiger partial charge on any atom is 0.230 e. The molecular weight excluding hydrogens is 460 g/mol. The molecule has 0 aliphatic rings. The van der Waals surface area contributed by atoms with E-state index < -0.39 is 9.84 Å². The van der Waals surface area contributed by atoms with Crippen molar-refractivity contribution in [2.45, 2.75) is 31.2 Å². The molecule has 0 aliphatic carbocycles. The molecule has 2 heterocycles. The quantitative estimate of drug-likeness (QED) is 0.337. The minimum atomic E-state index is -3.64. The Hall–Kier alpha value is -3.17. The van der Waals surface area contributed by atoms with E-state index in [1.807, 2.05) is 18.2 Å². The molecule has 172 valence electrons. The summed E-state index contributed by atoms with van der Waals surface area (Å²) in [7, 11) is -2.12. The first-order chi connectivity index (χ1) is 15.9. The Labute approximate surface area is 196 Å². The Kier molecular flexibility index (Phi) is 6.80. The minimum Gasteiger partial charge on any atom is -0.497 e. The van der Waals surface area contributed by atoms with E-state index in [9.17, 15) is 13.2 Å². The lowest BCUT2D eigenvalue weighted by Crippen LogP contribution is -2.31. The van der Waals surface area contributed by atoms with Crippen molar-refractivity contribution in [3.05, 3.63) is 72.2 Å². The van der Waals surface area contributed by atoms with E-state index in [2.05, 4.69) is 6.92 Å². The number of sulfone groups is 1. The van der Waals surface area contributed by atoms with Crippen LogP contribution >= 0.6 is 11.3 Å². The smallest absolute Gasteiger partial charge is 0.230 e. The minimum absolute atomic E-state index is 0.154. The zero-order valence-electron chi connectivity index (χ0n) is 18.4. The van der Waals surface area contributed by atoms with E-state index in [4.69, 9.17) is 14.1 Å². The number of aryl methyl sites for hydroxylation is 1. The van der Waals surface area contributed by atoms with Gasteiger partial charge < -0.3 is 9.15 Å². The molecule has 4 rings (SSSR count). The highest BCUT2D eigenvalue weighted by molar-refractivity contribution is 7.91. The molecule has 4 aromatic rings. The highest BCUT2D eigenvalue weighted by Gasteiger charge is 2.24. The van der Waals surface area contributed by atoms with Gasteiger partial charge in [0.25, 0.3) is 0 Å². The Balaban J connectivity index is 1.58. The van der Waals surface area contributed by atoms with Crippen LogP contribution in [0.2, 0.25) is 0 Å². The van der Waals surface area contributed by atoms with Crippen LogP contribution in [0.3, 0.4) is 0 Å². The summed E-state index contributed by atoms with van der Waals surface area (Å²) < 4.78 is 37.1. The number of benzene rings is 2. The van der Waals surface area contributed by atoms with Gasteiger partial charge in [0.15, 0.2) is 15.0 Å². The standard InChI is InChI=1S/C24H24N2O5S2/c1-3-17-6-4-8-21-23(17)25-24(32-21)26(16-19-7-5-14-31-19)22(27)13-15-33(28,29)20-11-9-18(30-2)10-12-20/h4-12,14H,3,13,15-16H2,1-2H3. The van der Waals surface area contributed by atoms with Crippen LogP contribution in [-0.4, -0.2) is 32.2 Å². The molecule has 0 N–H and O–H groups in total. The van der Waals surface area contributed by atoms with Crippen LogP contribution in [-0.2, 0) is 27.6 Å². The maximum absolute atomic E-state index is 13.2. The van der Waals surface area contributed by atoms with Crippen LogP contribution in [0.1, 0.15) is 24.7 Å². The van der Waals surface area contributed by atoms with Crippen LogP contribution in [0.25, 0.3) is 10.2 Å². The van der Waals surface area contributed by atoms with E-state index in [-0.39, 0.29) is 29.5 Å². The first-order valence-corrected chi connectivity index (χ1v) is 13.0. The molecule has 0 saturated carbocycles. The first-order valence-electron chi connectivity index (χ1n) is 10.5. The SMILES string of the molecule is CCc1cccc2sc(N(Cc3ccco3)C(=O)CCS(=O)(=O)c3ccc(OC)cc3)nc12. The Bertz CT molecular complexity index is 1340. The van der Waals surface area contributed by atoms with E-state index >= 15 is 0 Å². The van der Waals surface area contributed by atoms with Crippen LogP contribution in [0.15, 0.2) is 70.2 Å². The second-order valence-electron chi connectivity index (χ2n) is 7.42. The molecule has 1 amide bonds. The average molecular weight is 485 g/mol. The van der Waals surface area contributed by atoms with Crippen molar-refractivity contribution >= 4 is 42.4 Å². The zero-order chi connectivity index (χ0) is 23.4. The summed E-state index contributed by atoms with van der Waals surface area (Å²) in [6.45, 7) is 2.24. The number of aromatic nitrogens is 1. The molecule has 0 fully saturated rings. The van der Waals surface area contributed by atoms with E-state index in [0.717, 1.165) is 22.2 Å². The summed E-state index contributed by atoms with van der Waals surface area (Å²) in [4.78, 5) is 19.6. The summed E-state index contributed by atoms with van der Waals surface area (Å²) in [5.41, 5.74) is 1.96. The lowest BCUT2D eigenvalue weighted by molar-refractivity contribution is -0.118. The van der Waals surface area contributed by atoms with Gasteiger partial charge in [0, 0.05) is 6.42 Å². The topological polar surface area (TPSA) is 89.7 Å². The normalized spacial score (nSPS) is 11.6. The van der Waals surface area contributed by atoms with Crippen LogP contribution in [0.5, 0.6) is 5.75 Å². The molecule has 0 bridgehead atoms. The molecule has 9 heteroatoms. The summed E-state index contributed by atoms with van der Waals surface area (Å²) in [6, 6.07) is 15.6. The van der Waals surface area contributed by atoms with Gasteiger partial charge in [-0.1, -0.05) is 30.4 Å². The molecule has 0 radical (unpaired) electrons. The fraction of sp³-hybridized carbons (Fsp3) is 0.250. The van der Waals surface area contributed by atoms with Gasteiger partial charge in [-0.3, -0.25) is 9.69 Å². The van der Waals surface area contributed by atoms with Crippen molar-refractivity contribution in [2.24, 2.45) is 0 Å². The summed E-state index contributed by atoms with van der Waals surface area (Å²) in [6.07, 6.45) is 2.19. The first kappa shape index (κ1) is 23.0. The predicted octanol–water partition coefficient (Wildman–Crippen LogP) is 4.86. The van der Waals surface area contributed by atoms with Crippen molar-refractivity contribution in [3.63, 3.8) is 0 Å². The maximum atomic E-state index is 13.2. The van der Waals surface area contributed by atoms with Gasteiger partial charge in [0.2, 0.25) is 5.91 Å². The molecule has 7 nitrogen and oxygen atoms in total. The van der Waals surface area contributed by atoms with E-state index in [1.54, 1.807) is 30.5 Å². The van der Waals surface area contributed by atoms with Gasteiger partial charge in [-0.2, -0.15) is 0 Å². The molecule has 33 heavy (non-hydrogen) atoms. The van der Waals surface area contributed by atoms with Crippen molar-refractivity contribution in [3.8, 4) is 5.75 Å². The number of fused-ring (bicyclic) bond motifs is 1. The van der Waals surface area contributed by atoms with Gasteiger partial charge in [0.05, 0.1) is 40.8 Å². The number of nitrogens with zero attached hydrogens (tertiary/aromatic N) is 2. The lowest BCUT2D eigenvalue weighted by atomic mass is 10.1. The fourth-order valence-electron chi connectivity index (χ4n) is 3.47. The van der Waals surface area contributed by atoms with Crippen molar-refractivity contribution in [1.82, 2.24) is 4.98 Å². The number of rotatable bonds is 9. The van der Waals surface area contributed by atoms with E-state index in [1.165, 1.54) is 35.5 Å². The second-order valence-corrected chi connectivity index (χ2v) is 10.5. The number of para-hydroxylation sites is 1. The molecule has 2 aromatic heterocycles. The van der Waals surface area contributed by atoms with Crippen molar-refractivity contribution in [2.75, 3.05) is 17.8 Å². The second kappa shape index (κ2) is 9.76. The van der Waals surface area contributed by atoms with Gasteiger partial charge in [-0.25, -0.2) is 13.4 Å². The Morgan fingerprint density at radius 3 is 2.58 bits per heavy atom. The Morgan fingerprint density at radius 1 is 1.12 bits per heavy atom. The fourth-order valence-corrected chi connectivity index (χ4v) is 5.73. The monoisotopic (exact) mass is 484 g/mol. The van der Waals surface area contributed by atoms with Crippen molar-refractivity contribution in [1.29, 1.82) is 0 Å². The highest BCUT2D eigenvalue weighted by Crippen LogP contribution is 2.32. The zero-order valence-corrected chi connectivity index (χ0v) is 20.0. The number of anilines is 1. The number of hydrogen-bond donors (Lipinski definition) is 0.